The summed E-state index contributed by atoms with van der Waals surface area (Å²) in [4.78, 5) is 11.9. The highest BCUT2D eigenvalue weighted by molar-refractivity contribution is 6.31. The summed E-state index contributed by atoms with van der Waals surface area (Å²) >= 11 is 6.08. The van der Waals surface area contributed by atoms with E-state index in [1.807, 2.05) is 30.3 Å². The van der Waals surface area contributed by atoms with E-state index in [2.05, 4.69) is 24.1 Å². The van der Waals surface area contributed by atoms with E-state index in [4.69, 9.17) is 26.3 Å². The first-order chi connectivity index (χ1) is 12.6. The molecule has 0 aliphatic heterocycles. The van der Waals surface area contributed by atoms with Gasteiger partial charge in [-0.25, -0.2) is 9.97 Å². The van der Waals surface area contributed by atoms with Crippen LogP contribution < -0.4 is 10.1 Å². The second-order valence-electron chi connectivity index (χ2n) is 6.21. The highest BCUT2D eigenvalue weighted by Gasteiger charge is 2.10. The maximum absolute atomic E-state index is 6.08. The molecule has 1 aromatic heterocycles. The number of ether oxygens (including phenoxy) is 1. The highest BCUT2D eigenvalue weighted by Crippen LogP contribution is 2.29. The lowest BCUT2D eigenvalue weighted by molar-refractivity contribution is 0.303. The molecule has 1 heterocycles. The van der Waals surface area contributed by atoms with Crippen molar-refractivity contribution in [1.29, 1.82) is 0 Å². The molecule has 0 fully saturated rings. The molecule has 0 unspecified atom stereocenters. The van der Waals surface area contributed by atoms with Gasteiger partial charge < -0.3 is 15.0 Å². The Morgan fingerprint density at radius 3 is 2.58 bits per heavy atom. The van der Waals surface area contributed by atoms with E-state index in [0.29, 0.717) is 5.02 Å². The summed E-state index contributed by atoms with van der Waals surface area (Å²) in [6, 6.07) is 9.46. The summed E-state index contributed by atoms with van der Waals surface area (Å²) in [6.07, 6.45) is 1.07. The normalized spacial score (nSPS) is 11.4. The van der Waals surface area contributed by atoms with Crippen LogP contribution >= 0.6 is 11.6 Å². The molecular weight excluding hydrogens is 348 g/mol. The van der Waals surface area contributed by atoms with Gasteiger partial charge in [-0.1, -0.05) is 25.4 Å². The molecule has 1 N–H and O–H groups in total. The summed E-state index contributed by atoms with van der Waals surface area (Å²) in [5, 5.41) is 4.16. The third kappa shape index (κ3) is 4.17. The van der Waals surface area contributed by atoms with Crippen LogP contribution in [-0.4, -0.2) is 48.2 Å². The number of nitrogens with zero attached hydrogens (tertiary/aromatic N) is 3. The minimum Gasteiger partial charge on any atom is -0.497 e. The van der Waals surface area contributed by atoms with Crippen LogP contribution in [0.15, 0.2) is 30.3 Å². The maximum atomic E-state index is 6.08. The van der Waals surface area contributed by atoms with Crippen LogP contribution in [0.3, 0.4) is 0 Å². The van der Waals surface area contributed by atoms with Crippen molar-refractivity contribution >= 4 is 39.4 Å². The van der Waals surface area contributed by atoms with Crippen LogP contribution in [0.4, 0.5) is 5.69 Å². The molecule has 3 aromatic rings. The largest absolute Gasteiger partial charge is 0.497 e. The predicted molar refractivity (Wildman–Crippen MR) is 110 cm³/mol. The Bertz CT molecular complexity index is 896. The molecule has 0 aliphatic carbocycles. The number of methoxy groups -OCH3 is 1. The second-order valence-corrected chi connectivity index (χ2v) is 6.64. The highest BCUT2D eigenvalue weighted by atomic mass is 35.5. The Morgan fingerprint density at radius 2 is 1.85 bits per heavy atom. The average molecular weight is 373 g/mol. The van der Waals surface area contributed by atoms with Gasteiger partial charge in [0.2, 0.25) is 0 Å². The van der Waals surface area contributed by atoms with E-state index in [1.54, 1.807) is 7.11 Å². The van der Waals surface area contributed by atoms with Gasteiger partial charge in [0.15, 0.2) is 0 Å². The zero-order valence-electron chi connectivity index (χ0n) is 15.6. The molecule has 0 spiro atoms. The minimum atomic E-state index is 0.656. The third-order valence-electron chi connectivity index (χ3n) is 4.57. The van der Waals surface area contributed by atoms with Gasteiger partial charge in [-0.15, -0.1) is 0 Å². The van der Waals surface area contributed by atoms with E-state index in [0.717, 1.165) is 66.1 Å². The SMILES string of the molecule is CCN(CC)CCCNc1cc(OC)cc2nc3cc(Cl)ccc3nc12. The second kappa shape index (κ2) is 8.52. The minimum absolute atomic E-state index is 0.656. The lowest BCUT2D eigenvalue weighted by Crippen LogP contribution is -2.25. The third-order valence-corrected chi connectivity index (χ3v) is 4.81. The van der Waals surface area contributed by atoms with Crippen LogP contribution in [0.5, 0.6) is 5.75 Å². The number of benzene rings is 2. The predicted octanol–water partition coefficient (Wildman–Crippen LogP) is 4.59. The molecule has 0 amide bonds. The molecule has 0 saturated heterocycles. The number of aromatic nitrogens is 2. The van der Waals surface area contributed by atoms with Crippen molar-refractivity contribution in [3.05, 3.63) is 35.4 Å². The number of anilines is 1. The Labute approximate surface area is 159 Å². The molecule has 0 aliphatic rings. The number of hydrogen-bond acceptors (Lipinski definition) is 5. The van der Waals surface area contributed by atoms with Crippen molar-refractivity contribution in [3.8, 4) is 5.75 Å². The van der Waals surface area contributed by atoms with Crippen LogP contribution in [0.1, 0.15) is 20.3 Å². The van der Waals surface area contributed by atoms with E-state index in [-0.39, 0.29) is 0 Å². The molecule has 2 aromatic carbocycles. The van der Waals surface area contributed by atoms with Gasteiger partial charge in [-0.2, -0.15) is 0 Å². The molecule has 0 radical (unpaired) electrons. The number of rotatable bonds is 8. The molecule has 0 bridgehead atoms. The monoisotopic (exact) mass is 372 g/mol. The standard InChI is InChI=1S/C20H25ClN4O/c1-4-25(5-2)10-6-9-22-18-12-15(26-3)13-19-20(18)24-16-8-7-14(21)11-17(16)23-19/h7-8,11-13,22H,4-6,9-10H2,1-3H3. The van der Waals surface area contributed by atoms with Crippen LogP contribution in [-0.2, 0) is 0 Å². The molecule has 0 atom stereocenters. The van der Waals surface area contributed by atoms with Crippen molar-refractivity contribution < 1.29 is 4.74 Å². The molecular formula is C20H25ClN4O. The molecule has 5 nitrogen and oxygen atoms in total. The van der Waals surface area contributed by atoms with Gasteiger partial charge in [-0.05, 0) is 44.3 Å². The topological polar surface area (TPSA) is 50.3 Å². The smallest absolute Gasteiger partial charge is 0.123 e. The van der Waals surface area contributed by atoms with Gasteiger partial charge in [-0.3, -0.25) is 0 Å². The zero-order valence-corrected chi connectivity index (χ0v) is 16.3. The summed E-state index contributed by atoms with van der Waals surface area (Å²) < 4.78 is 5.44. The van der Waals surface area contributed by atoms with Crippen molar-refractivity contribution in [1.82, 2.24) is 14.9 Å². The first kappa shape index (κ1) is 18.7. The molecule has 3 rings (SSSR count). The van der Waals surface area contributed by atoms with Gasteiger partial charge in [0.1, 0.15) is 11.3 Å². The zero-order chi connectivity index (χ0) is 18.5. The van der Waals surface area contributed by atoms with E-state index in [9.17, 15) is 0 Å². The van der Waals surface area contributed by atoms with Gasteiger partial charge in [0.25, 0.3) is 0 Å². The van der Waals surface area contributed by atoms with Crippen LogP contribution in [0.25, 0.3) is 22.1 Å². The van der Waals surface area contributed by atoms with E-state index < -0.39 is 0 Å². The lowest BCUT2D eigenvalue weighted by Gasteiger charge is -2.18. The maximum Gasteiger partial charge on any atom is 0.123 e. The van der Waals surface area contributed by atoms with Crippen molar-refractivity contribution in [2.24, 2.45) is 0 Å². The molecule has 26 heavy (non-hydrogen) atoms. The fraction of sp³-hybridized carbons (Fsp3) is 0.400. The van der Waals surface area contributed by atoms with E-state index >= 15 is 0 Å². The fourth-order valence-corrected chi connectivity index (χ4v) is 3.21. The van der Waals surface area contributed by atoms with Crippen LogP contribution in [0.2, 0.25) is 5.02 Å². The molecule has 138 valence electrons. The quantitative estimate of drug-likeness (QED) is 0.463. The van der Waals surface area contributed by atoms with Crippen molar-refractivity contribution in [2.75, 3.05) is 38.6 Å². The average Bonchev–Trinajstić information content (AvgIpc) is 2.66. The van der Waals surface area contributed by atoms with Gasteiger partial charge in [0, 0.05) is 23.7 Å². The number of halogens is 1. The Kier molecular flexibility index (Phi) is 6.12. The van der Waals surface area contributed by atoms with Gasteiger partial charge in [0.05, 0.1) is 29.3 Å². The number of nitrogens with one attached hydrogen (secondary N) is 1. The number of fused-ring (bicyclic) bond motifs is 2. The fourth-order valence-electron chi connectivity index (χ4n) is 3.05. The molecule has 0 saturated carbocycles. The van der Waals surface area contributed by atoms with Crippen molar-refractivity contribution in [3.63, 3.8) is 0 Å². The van der Waals surface area contributed by atoms with Crippen molar-refractivity contribution in [2.45, 2.75) is 20.3 Å². The van der Waals surface area contributed by atoms with Crippen LogP contribution in [0, 0.1) is 0 Å². The first-order valence-electron chi connectivity index (χ1n) is 9.05. The summed E-state index contributed by atoms with van der Waals surface area (Å²) in [5.41, 5.74) is 4.21. The van der Waals surface area contributed by atoms with E-state index in [1.165, 1.54) is 0 Å². The first-order valence-corrected chi connectivity index (χ1v) is 9.43. The Balaban J connectivity index is 1.89. The molecule has 6 heteroatoms. The Hall–Kier alpha value is -2.11. The lowest BCUT2D eigenvalue weighted by atomic mass is 10.2. The Morgan fingerprint density at radius 1 is 1.04 bits per heavy atom. The summed E-state index contributed by atoms with van der Waals surface area (Å²) in [6.45, 7) is 8.50. The summed E-state index contributed by atoms with van der Waals surface area (Å²) in [7, 11) is 1.66. The van der Waals surface area contributed by atoms with Gasteiger partial charge >= 0.3 is 0 Å². The summed E-state index contributed by atoms with van der Waals surface area (Å²) in [5.74, 6) is 0.763. The number of hydrogen-bond donors (Lipinski definition) is 1.